The summed E-state index contributed by atoms with van der Waals surface area (Å²) in [7, 11) is 3.09. The van der Waals surface area contributed by atoms with Gasteiger partial charge in [0.05, 0.1) is 14.2 Å². The molecule has 8 heteroatoms. The lowest BCUT2D eigenvalue weighted by molar-refractivity contribution is -0.116. The molecule has 0 heterocycles. The molecule has 1 amide bonds. The summed E-state index contributed by atoms with van der Waals surface area (Å²) in [6.45, 7) is 0. The van der Waals surface area contributed by atoms with Gasteiger partial charge in [-0.3, -0.25) is 15.6 Å². The molecule has 6 nitrogen and oxygen atoms in total. The van der Waals surface area contributed by atoms with E-state index >= 15 is 0 Å². The molecule has 0 radical (unpaired) electrons. The molecule has 0 fully saturated rings. The van der Waals surface area contributed by atoms with Gasteiger partial charge in [0, 0.05) is 11.8 Å². The Morgan fingerprint density at radius 2 is 1.73 bits per heavy atom. The molecule has 0 aliphatic rings. The van der Waals surface area contributed by atoms with Crippen LogP contribution in [0.1, 0.15) is 5.56 Å². The van der Waals surface area contributed by atoms with E-state index in [0.29, 0.717) is 17.2 Å². The van der Waals surface area contributed by atoms with Gasteiger partial charge in [0.15, 0.2) is 16.6 Å². The average Bonchev–Trinajstić information content (AvgIpc) is 2.66. The number of amides is 1. The molecule has 0 unspecified atom stereocenters. The molecule has 0 aliphatic heterocycles. The van der Waals surface area contributed by atoms with Crippen molar-refractivity contribution < 1.29 is 18.7 Å². The van der Waals surface area contributed by atoms with Crippen LogP contribution in [0.2, 0.25) is 0 Å². The molecule has 2 aromatic rings. The zero-order valence-electron chi connectivity index (χ0n) is 14.2. The molecule has 2 rings (SSSR count). The molecule has 0 atom stereocenters. The number of halogens is 1. The minimum atomic E-state index is -0.400. The number of hydrazine groups is 1. The van der Waals surface area contributed by atoms with E-state index in [1.807, 2.05) is 0 Å². The lowest BCUT2D eigenvalue weighted by Crippen LogP contribution is -2.43. The minimum absolute atomic E-state index is 0.171. The van der Waals surface area contributed by atoms with Gasteiger partial charge in [0.25, 0.3) is 5.91 Å². The molecule has 0 bridgehead atoms. The van der Waals surface area contributed by atoms with Gasteiger partial charge in [-0.05, 0) is 60.3 Å². The summed E-state index contributed by atoms with van der Waals surface area (Å²) in [4.78, 5) is 11.8. The maximum absolute atomic E-state index is 12.8. The van der Waals surface area contributed by atoms with E-state index in [2.05, 4.69) is 16.2 Å². The van der Waals surface area contributed by atoms with Crippen LogP contribution in [0.15, 0.2) is 48.5 Å². The number of nitrogens with one attached hydrogen (secondary N) is 3. The van der Waals surface area contributed by atoms with E-state index in [9.17, 15) is 9.18 Å². The topological polar surface area (TPSA) is 71.6 Å². The van der Waals surface area contributed by atoms with Crippen molar-refractivity contribution in [2.75, 3.05) is 19.5 Å². The van der Waals surface area contributed by atoms with Gasteiger partial charge in [-0.2, -0.15) is 0 Å². The third-order valence-corrected chi connectivity index (χ3v) is 3.44. The Hall–Kier alpha value is -3.13. The number of thiocarbonyl (C=S) groups is 1. The fourth-order valence-electron chi connectivity index (χ4n) is 1.98. The summed E-state index contributed by atoms with van der Waals surface area (Å²) in [6.07, 6.45) is 2.96. The summed E-state index contributed by atoms with van der Waals surface area (Å²) in [6, 6.07) is 10.9. The van der Waals surface area contributed by atoms with Gasteiger partial charge in [0.2, 0.25) is 0 Å². The summed E-state index contributed by atoms with van der Waals surface area (Å²) in [5.74, 6) is 0.428. The van der Waals surface area contributed by atoms with Crippen molar-refractivity contribution in [3.8, 4) is 11.5 Å². The van der Waals surface area contributed by atoms with Gasteiger partial charge in [0.1, 0.15) is 5.82 Å². The quantitative estimate of drug-likeness (QED) is 0.424. The molecular weight excluding hydrogens is 357 g/mol. The van der Waals surface area contributed by atoms with Crippen molar-refractivity contribution >= 4 is 35.0 Å². The van der Waals surface area contributed by atoms with Crippen molar-refractivity contribution in [3.05, 3.63) is 59.9 Å². The monoisotopic (exact) mass is 375 g/mol. The predicted octanol–water partition coefficient (Wildman–Crippen LogP) is 2.87. The summed E-state index contributed by atoms with van der Waals surface area (Å²) >= 11 is 5.04. The highest BCUT2D eigenvalue weighted by molar-refractivity contribution is 7.80. The SMILES string of the molecule is COc1ccc(/C=C/C(=O)NNC(=S)Nc2ccc(F)cc2)cc1OC. The second-order valence-electron chi connectivity index (χ2n) is 5.02. The maximum atomic E-state index is 12.8. The zero-order chi connectivity index (χ0) is 18.9. The van der Waals surface area contributed by atoms with Crippen LogP contribution in [-0.4, -0.2) is 25.2 Å². The van der Waals surface area contributed by atoms with Crippen molar-refractivity contribution in [1.82, 2.24) is 10.9 Å². The van der Waals surface area contributed by atoms with E-state index in [1.54, 1.807) is 31.4 Å². The first kappa shape index (κ1) is 19.2. The van der Waals surface area contributed by atoms with Gasteiger partial charge in [-0.25, -0.2) is 4.39 Å². The molecule has 0 spiro atoms. The summed E-state index contributed by atoms with van der Waals surface area (Å²) < 4.78 is 23.2. The van der Waals surface area contributed by atoms with Gasteiger partial charge >= 0.3 is 0 Å². The largest absolute Gasteiger partial charge is 0.493 e. The maximum Gasteiger partial charge on any atom is 0.262 e. The van der Waals surface area contributed by atoms with Gasteiger partial charge in [-0.1, -0.05) is 6.07 Å². The highest BCUT2D eigenvalue weighted by atomic mass is 32.1. The van der Waals surface area contributed by atoms with E-state index in [1.165, 1.54) is 37.5 Å². The van der Waals surface area contributed by atoms with E-state index < -0.39 is 5.91 Å². The Balaban J connectivity index is 1.85. The van der Waals surface area contributed by atoms with Crippen LogP contribution in [-0.2, 0) is 4.79 Å². The second kappa shape index (κ2) is 9.38. The van der Waals surface area contributed by atoms with Crippen LogP contribution in [0.5, 0.6) is 11.5 Å². The first-order valence-electron chi connectivity index (χ1n) is 7.54. The summed E-state index contributed by atoms with van der Waals surface area (Å²) in [5.41, 5.74) is 6.34. The lowest BCUT2D eigenvalue weighted by Gasteiger charge is -2.10. The average molecular weight is 375 g/mol. The number of rotatable bonds is 5. The highest BCUT2D eigenvalue weighted by Gasteiger charge is 2.03. The Bertz CT molecular complexity index is 810. The molecule has 26 heavy (non-hydrogen) atoms. The number of methoxy groups -OCH3 is 2. The Morgan fingerprint density at radius 3 is 2.38 bits per heavy atom. The van der Waals surface area contributed by atoms with Crippen LogP contribution in [0.25, 0.3) is 6.08 Å². The third-order valence-electron chi connectivity index (χ3n) is 3.24. The first-order chi connectivity index (χ1) is 12.5. The Kier molecular flexibility index (Phi) is 6.92. The van der Waals surface area contributed by atoms with E-state index in [4.69, 9.17) is 21.7 Å². The van der Waals surface area contributed by atoms with Crippen LogP contribution >= 0.6 is 12.2 Å². The standard InChI is InChI=1S/C18H18FN3O3S/c1-24-15-9-3-12(11-16(15)25-2)4-10-17(23)21-22-18(26)20-14-7-5-13(19)6-8-14/h3-11H,1-2H3,(H,21,23)(H2,20,22,26)/b10-4+. The van der Waals surface area contributed by atoms with Crippen molar-refractivity contribution in [3.63, 3.8) is 0 Å². The Labute approximate surface area is 156 Å². The van der Waals surface area contributed by atoms with E-state index in [-0.39, 0.29) is 10.9 Å². The summed E-state index contributed by atoms with van der Waals surface area (Å²) in [5, 5.41) is 2.98. The van der Waals surface area contributed by atoms with Crippen molar-refractivity contribution in [2.24, 2.45) is 0 Å². The predicted molar refractivity (Wildman–Crippen MR) is 102 cm³/mol. The molecule has 2 aromatic carbocycles. The molecule has 0 aliphatic carbocycles. The van der Waals surface area contributed by atoms with Crippen LogP contribution < -0.4 is 25.6 Å². The van der Waals surface area contributed by atoms with Gasteiger partial charge < -0.3 is 14.8 Å². The molecule has 136 valence electrons. The molecule has 0 saturated heterocycles. The number of hydrogen-bond acceptors (Lipinski definition) is 4. The number of carbonyl (C=O) groups excluding carboxylic acids is 1. The number of ether oxygens (including phenoxy) is 2. The normalized spacial score (nSPS) is 10.3. The van der Waals surface area contributed by atoms with Crippen molar-refractivity contribution in [2.45, 2.75) is 0 Å². The second-order valence-corrected chi connectivity index (χ2v) is 5.43. The molecule has 3 N–H and O–H groups in total. The van der Waals surface area contributed by atoms with E-state index in [0.717, 1.165) is 5.56 Å². The molecular formula is C18H18FN3O3S. The lowest BCUT2D eigenvalue weighted by atomic mass is 10.2. The van der Waals surface area contributed by atoms with Crippen LogP contribution in [0.3, 0.4) is 0 Å². The third kappa shape index (κ3) is 5.75. The first-order valence-corrected chi connectivity index (χ1v) is 7.95. The van der Waals surface area contributed by atoms with Crippen LogP contribution in [0.4, 0.5) is 10.1 Å². The zero-order valence-corrected chi connectivity index (χ0v) is 15.0. The highest BCUT2D eigenvalue weighted by Crippen LogP contribution is 2.27. The van der Waals surface area contributed by atoms with Crippen molar-refractivity contribution in [1.29, 1.82) is 0 Å². The smallest absolute Gasteiger partial charge is 0.262 e. The fraction of sp³-hybridized carbons (Fsp3) is 0.111. The number of benzene rings is 2. The van der Waals surface area contributed by atoms with Gasteiger partial charge in [-0.15, -0.1) is 0 Å². The minimum Gasteiger partial charge on any atom is -0.493 e. The Morgan fingerprint density at radius 1 is 1.04 bits per heavy atom. The number of anilines is 1. The van der Waals surface area contributed by atoms with Crippen LogP contribution in [0, 0.1) is 5.82 Å². The number of carbonyl (C=O) groups is 1. The number of hydrogen-bond donors (Lipinski definition) is 3. The fourth-order valence-corrected chi connectivity index (χ4v) is 2.15. The molecule has 0 aromatic heterocycles. The molecule has 0 saturated carbocycles.